The Morgan fingerprint density at radius 1 is 1.00 bits per heavy atom. The monoisotopic (exact) mass is 379 g/mol. The van der Waals surface area contributed by atoms with E-state index in [0.29, 0.717) is 29.0 Å². The van der Waals surface area contributed by atoms with Gasteiger partial charge in [0.15, 0.2) is 0 Å². The molecule has 1 amide bonds. The van der Waals surface area contributed by atoms with Crippen LogP contribution in [0.25, 0.3) is 0 Å². The second-order valence-corrected chi connectivity index (χ2v) is 5.90. The van der Waals surface area contributed by atoms with Crippen molar-refractivity contribution in [3.63, 3.8) is 0 Å². The molecule has 0 aliphatic carbocycles. The van der Waals surface area contributed by atoms with Gasteiger partial charge in [-0.25, -0.2) is 14.2 Å². The fraction of sp³-hybridized carbons (Fsp3) is 0.0952. The van der Waals surface area contributed by atoms with Gasteiger partial charge in [0, 0.05) is 17.8 Å². The van der Waals surface area contributed by atoms with Gasteiger partial charge in [0.2, 0.25) is 0 Å². The molecular formula is C21H18FN3O3. The number of nitrogens with one attached hydrogen (secondary N) is 2. The van der Waals surface area contributed by atoms with E-state index >= 15 is 0 Å². The minimum atomic E-state index is -0.446. The van der Waals surface area contributed by atoms with Gasteiger partial charge in [-0.1, -0.05) is 18.2 Å². The number of nitrogens with zero attached hydrogens (tertiary/aromatic N) is 1. The van der Waals surface area contributed by atoms with Crippen LogP contribution in [0.15, 0.2) is 66.9 Å². The fourth-order valence-corrected chi connectivity index (χ4v) is 2.47. The summed E-state index contributed by atoms with van der Waals surface area (Å²) in [5.41, 5.74) is 2.36. The van der Waals surface area contributed by atoms with Gasteiger partial charge in [0.25, 0.3) is 5.91 Å². The SMILES string of the molecule is COC(=O)c1ccc(NC(=O)c2ccc(NCc3ccccc3F)cn2)cc1. The van der Waals surface area contributed by atoms with Crippen molar-refractivity contribution < 1.29 is 18.7 Å². The van der Waals surface area contributed by atoms with Crippen molar-refractivity contribution in [1.82, 2.24) is 4.98 Å². The van der Waals surface area contributed by atoms with E-state index in [9.17, 15) is 14.0 Å². The Balaban J connectivity index is 1.59. The molecule has 6 nitrogen and oxygen atoms in total. The number of halogens is 1. The van der Waals surface area contributed by atoms with Crippen LogP contribution in [0.4, 0.5) is 15.8 Å². The Morgan fingerprint density at radius 2 is 1.71 bits per heavy atom. The second-order valence-electron chi connectivity index (χ2n) is 5.90. The summed E-state index contributed by atoms with van der Waals surface area (Å²) < 4.78 is 18.3. The van der Waals surface area contributed by atoms with E-state index < -0.39 is 5.97 Å². The molecule has 0 saturated carbocycles. The molecule has 0 aliphatic heterocycles. The number of carbonyl (C=O) groups is 2. The lowest BCUT2D eigenvalue weighted by Gasteiger charge is -2.08. The largest absolute Gasteiger partial charge is 0.465 e. The molecule has 3 aromatic rings. The summed E-state index contributed by atoms with van der Waals surface area (Å²) >= 11 is 0. The molecule has 2 aromatic carbocycles. The van der Waals surface area contributed by atoms with E-state index in [1.54, 1.807) is 54.6 Å². The molecule has 0 fully saturated rings. The van der Waals surface area contributed by atoms with Gasteiger partial charge in [-0.2, -0.15) is 0 Å². The topological polar surface area (TPSA) is 80.3 Å². The first-order valence-electron chi connectivity index (χ1n) is 8.50. The third kappa shape index (κ3) is 4.70. The van der Waals surface area contributed by atoms with Crippen LogP contribution in [0.1, 0.15) is 26.4 Å². The quantitative estimate of drug-likeness (QED) is 0.636. The average molecular weight is 379 g/mol. The number of amides is 1. The molecule has 0 saturated heterocycles. The van der Waals surface area contributed by atoms with Crippen LogP contribution in [0.5, 0.6) is 0 Å². The lowest BCUT2D eigenvalue weighted by Crippen LogP contribution is -2.14. The highest BCUT2D eigenvalue weighted by Crippen LogP contribution is 2.14. The Morgan fingerprint density at radius 3 is 2.36 bits per heavy atom. The molecule has 142 valence electrons. The molecule has 3 rings (SSSR count). The number of benzene rings is 2. The van der Waals surface area contributed by atoms with Gasteiger partial charge >= 0.3 is 5.97 Å². The van der Waals surface area contributed by atoms with Crippen LogP contribution >= 0.6 is 0 Å². The van der Waals surface area contributed by atoms with Gasteiger partial charge in [-0.3, -0.25) is 4.79 Å². The highest BCUT2D eigenvalue weighted by atomic mass is 19.1. The summed E-state index contributed by atoms with van der Waals surface area (Å²) in [6.45, 7) is 0.312. The summed E-state index contributed by atoms with van der Waals surface area (Å²) in [5, 5.41) is 5.77. The Hall–Kier alpha value is -3.74. The first kappa shape index (κ1) is 19.0. The van der Waals surface area contributed by atoms with E-state index in [-0.39, 0.29) is 17.4 Å². The zero-order valence-electron chi connectivity index (χ0n) is 15.1. The molecule has 28 heavy (non-hydrogen) atoms. The van der Waals surface area contributed by atoms with Gasteiger partial charge in [-0.15, -0.1) is 0 Å². The van der Waals surface area contributed by atoms with E-state index in [4.69, 9.17) is 0 Å². The Labute approximate surface area is 161 Å². The molecule has 2 N–H and O–H groups in total. The van der Waals surface area contributed by atoms with E-state index in [1.807, 2.05) is 0 Å². The first-order chi connectivity index (χ1) is 13.6. The van der Waals surface area contributed by atoms with Crippen molar-refractivity contribution in [1.29, 1.82) is 0 Å². The summed E-state index contributed by atoms with van der Waals surface area (Å²) in [5.74, 6) is -1.11. The standard InChI is InChI=1S/C21H18FN3O3/c1-28-21(27)14-6-8-16(9-7-14)25-20(26)19-11-10-17(13-24-19)23-12-15-4-2-3-5-18(15)22/h2-11,13,23H,12H2,1H3,(H,25,26). The first-order valence-corrected chi connectivity index (χ1v) is 8.50. The van der Waals surface area contributed by atoms with Crippen LogP contribution < -0.4 is 10.6 Å². The third-order valence-electron chi connectivity index (χ3n) is 4.00. The van der Waals surface area contributed by atoms with Gasteiger partial charge in [0.1, 0.15) is 11.5 Å². The van der Waals surface area contributed by atoms with Crippen molar-refractivity contribution in [3.8, 4) is 0 Å². The average Bonchev–Trinajstić information content (AvgIpc) is 2.73. The number of pyridine rings is 1. The van der Waals surface area contributed by atoms with E-state index in [2.05, 4.69) is 20.4 Å². The van der Waals surface area contributed by atoms with Gasteiger partial charge in [-0.05, 0) is 42.5 Å². The predicted molar refractivity (Wildman–Crippen MR) is 104 cm³/mol. The van der Waals surface area contributed by atoms with Crippen LogP contribution in [0, 0.1) is 5.82 Å². The number of aromatic nitrogens is 1. The van der Waals surface area contributed by atoms with Crippen molar-refractivity contribution in [2.24, 2.45) is 0 Å². The number of rotatable bonds is 6. The Kier molecular flexibility index (Phi) is 5.96. The number of ether oxygens (including phenoxy) is 1. The van der Waals surface area contributed by atoms with Gasteiger partial charge in [0.05, 0.1) is 24.6 Å². The van der Waals surface area contributed by atoms with Crippen LogP contribution in [-0.4, -0.2) is 24.0 Å². The molecule has 0 unspecified atom stereocenters. The Bertz CT molecular complexity index is 973. The van der Waals surface area contributed by atoms with E-state index in [1.165, 1.54) is 19.4 Å². The van der Waals surface area contributed by atoms with Crippen LogP contribution in [0.3, 0.4) is 0 Å². The second kappa shape index (κ2) is 8.77. The zero-order chi connectivity index (χ0) is 19.9. The van der Waals surface area contributed by atoms with Crippen molar-refractivity contribution in [3.05, 3.63) is 89.5 Å². The summed E-state index contributed by atoms with van der Waals surface area (Å²) in [6.07, 6.45) is 1.51. The molecule has 7 heteroatoms. The normalized spacial score (nSPS) is 10.2. The summed E-state index contributed by atoms with van der Waals surface area (Å²) in [6, 6.07) is 16.1. The highest BCUT2D eigenvalue weighted by molar-refractivity contribution is 6.03. The number of esters is 1. The van der Waals surface area contributed by atoms with Crippen LogP contribution in [0.2, 0.25) is 0 Å². The minimum Gasteiger partial charge on any atom is -0.465 e. The highest BCUT2D eigenvalue weighted by Gasteiger charge is 2.09. The van der Waals surface area contributed by atoms with Crippen molar-refractivity contribution in [2.45, 2.75) is 6.54 Å². The van der Waals surface area contributed by atoms with E-state index in [0.717, 1.165) is 0 Å². The molecule has 0 aliphatic rings. The number of anilines is 2. The molecule has 0 atom stereocenters. The number of hydrogen-bond acceptors (Lipinski definition) is 5. The molecule has 0 spiro atoms. The van der Waals surface area contributed by atoms with Crippen molar-refractivity contribution in [2.75, 3.05) is 17.7 Å². The predicted octanol–water partition coefficient (Wildman–Crippen LogP) is 3.87. The molecule has 0 radical (unpaired) electrons. The smallest absolute Gasteiger partial charge is 0.337 e. The number of hydrogen-bond donors (Lipinski definition) is 2. The maximum Gasteiger partial charge on any atom is 0.337 e. The fourth-order valence-electron chi connectivity index (χ4n) is 2.47. The lowest BCUT2D eigenvalue weighted by atomic mass is 10.2. The summed E-state index contributed by atoms with van der Waals surface area (Å²) in [7, 11) is 1.30. The van der Waals surface area contributed by atoms with Gasteiger partial charge < -0.3 is 15.4 Å². The third-order valence-corrected chi connectivity index (χ3v) is 4.00. The lowest BCUT2D eigenvalue weighted by molar-refractivity contribution is 0.0600. The molecule has 1 heterocycles. The zero-order valence-corrected chi connectivity index (χ0v) is 15.1. The number of carbonyl (C=O) groups excluding carboxylic acids is 2. The summed E-state index contributed by atoms with van der Waals surface area (Å²) in [4.78, 5) is 27.8. The minimum absolute atomic E-state index is 0.230. The number of methoxy groups -OCH3 is 1. The molecular weight excluding hydrogens is 361 g/mol. The maximum atomic E-state index is 13.6. The van der Waals surface area contributed by atoms with Crippen molar-refractivity contribution >= 4 is 23.3 Å². The van der Waals surface area contributed by atoms with Crippen LogP contribution in [-0.2, 0) is 11.3 Å². The maximum absolute atomic E-state index is 13.6. The molecule has 0 bridgehead atoms. The molecule has 1 aromatic heterocycles.